The van der Waals surface area contributed by atoms with Crippen LogP contribution in [0.5, 0.6) is 0 Å². The lowest BCUT2D eigenvalue weighted by Gasteiger charge is -2.25. The molecule has 3 nitrogen and oxygen atoms in total. The van der Waals surface area contributed by atoms with Gasteiger partial charge in [-0.1, -0.05) is 42.5 Å². The Bertz CT molecular complexity index is 704. The van der Waals surface area contributed by atoms with Crippen molar-refractivity contribution in [2.75, 3.05) is 0 Å². The standard InChI is InChI=1S/C20H22O3/c1-20(2,3)23-19(22)15-9-8-13-10-14-6-4-5-7-17(14)18(21)12-16(13)11-15/h4-9,11,13,16H,10,12H2,1-3H3. The summed E-state index contributed by atoms with van der Waals surface area (Å²) in [6.07, 6.45) is 7.09. The summed E-state index contributed by atoms with van der Waals surface area (Å²) in [6, 6.07) is 7.80. The van der Waals surface area contributed by atoms with Gasteiger partial charge in [-0.3, -0.25) is 4.79 Å². The molecule has 0 aromatic heterocycles. The molecule has 2 unspecified atom stereocenters. The lowest BCUT2D eigenvalue weighted by Crippen LogP contribution is -2.26. The molecule has 1 aromatic rings. The number of carbonyl (C=O) groups is 2. The van der Waals surface area contributed by atoms with Gasteiger partial charge in [0.1, 0.15) is 5.60 Å². The van der Waals surface area contributed by atoms with Gasteiger partial charge < -0.3 is 4.74 Å². The maximum Gasteiger partial charge on any atom is 0.338 e. The fourth-order valence-electron chi connectivity index (χ4n) is 3.23. The Morgan fingerprint density at radius 3 is 2.61 bits per heavy atom. The number of esters is 1. The first kappa shape index (κ1) is 15.7. The van der Waals surface area contributed by atoms with Crippen LogP contribution in [0.1, 0.15) is 43.1 Å². The molecule has 0 heterocycles. The predicted octanol–water partition coefficient (Wildman–Crippen LogP) is 3.89. The molecule has 3 rings (SSSR count). The number of hydrogen-bond acceptors (Lipinski definition) is 3. The van der Waals surface area contributed by atoms with E-state index in [1.807, 2.05) is 57.2 Å². The van der Waals surface area contributed by atoms with Gasteiger partial charge in [0.2, 0.25) is 0 Å². The number of benzene rings is 1. The average Bonchev–Trinajstić information content (AvgIpc) is 2.61. The molecule has 0 fully saturated rings. The molecule has 0 N–H and O–H groups in total. The molecule has 0 aliphatic heterocycles. The molecule has 0 bridgehead atoms. The quantitative estimate of drug-likeness (QED) is 0.739. The van der Waals surface area contributed by atoms with Crippen molar-refractivity contribution in [3.05, 3.63) is 59.2 Å². The van der Waals surface area contributed by atoms with Gasteiger partial charge in [0.05, 0.1) is 5.57 Å². The van der Waals surface area contributed by atoms with Crippen molar-refractivity contribution in [3.8, 4) is 0 Å². The molecule has 1 aromatic carbocycles. The van der Waals surface area contributed by atoms with Gasteiger partial charge in [0.15, 0.2) is 5.78 Å². The highest BCUT2D eigenvalue weighted by molar-refractivity contribution is 5.98. The second kappa shape index (κ2) is 5.80. The van der Waals surface area contributed by atoms with E-state index in [4.69, 9.17) is 4.74 Å². The third-order valence-corrected chi connectivity index (χ3v) is 4.30. The second-order valence-electron chi connectivity index (χ2n) is 7.30. The van der Waals surface area contributed by atoms with Crippen LogP contribution in [0.15, 0.2) is 48.1 Å². The first-order chi connectivity index (χ1) is 10.8. The Labute approximate surface area is 137 Å². The van der Waals surface area contributed by atoms with Gasteiger partial charge in [0.25, 0.3) is 0 Å². The number of rotatable bonds is 1. The molecular weight excluding hydrogens is 288 g/mol. The van der Waals surface area contributed by atoms with E-state index < -0.39 is 5.60 Å². The largest absolute Gasteiger partial charge is 0.456 e. The van der Waals surface area contributed by atoms with E-state index in [-0.39, 0.29) is 23.6 Å². The Morgan fingerprint density at radius 1 is 1.13 bits per heavy atom. The molecule has 120 valence electrons. The molecular formula is C20H22O3. The number of fused-ring (bicyclic) bond motifs is 2. The van der Waals surface area contributed by atoms with Crippen LogP contribution in [0.2, 0.25) is 0 Å². The molecule has 2 atom stereocenters. The maximum atomic E-state index is 12.5. The topological polar surface area (TPSA) is 43.4 Å². The fourth-order valence-corrected chi connectivity index (χ4v) is 3.23. The minimum absolute atomic E-state index is 0.0578. The van der Waals surface area contributed by atoms with Crippen molar-refractivity contribution in [3.63, 3.8) is 0 Å². The molecule has 0 radical (unpaired) electrons. The third-order valence-electron chi connectivity index (χ3n) is 4.30. The number of ether oxygens (including phenoxy) is 1. The van der Waals surface area contributed by atoms with Crippen molar-refractivity contribution in [2.45, 2.75) is 39.2 Å². The van der Waals surface area contributed by atoms with Crippen LogP contribution >= 0.6 is 0 Å². The highest BCUT2D eigenvalue weighted by Gasteiger charge is 2.31. The van der Waals surface area contributed by atoms with E-state index in [0.29, 0.717) is 12.0 Å². The SMILES string of the molecule is CC(C)(C)OC(=O)C1=CC2CC(=O)c3ccccc3CC2C=C1. The molecule has 2 aliphatic rings. The lowest BCUT2D eigenvalue weighted by molar-refractivity contribution is -0.149. The highest BCUT2D eigenvalue weighted by atomic mass is 16.6. The van der Waals surface area contributed by atoms with Crippen molar-refractivity contribution in [2.24, 2.45) is 11.8 Å². The zero-order chi connectivity index (χ0) is 16.6. The highest BCUT2D eigenvalue weighted by Crippen LogP contribution is 2.34. The summed E-state index contributed by atoms with van der Waals surface area (Å²) in [7, 11) is 0. The summed E-state index contributed by atoms with van der Waals surface area (Å²) in [4.78, 5) is 24.7. The summed E-state index contributed by atoms with van der Waals surface area (Å²) < 4.78 is 5.43. The summed E-state index contributed by atoms with van der Waals surface area (Å²) in [5, 5.41) is 0. The van der Waals surface area contributed by atoms with E-state index in [2.05, 4.69) is 6.08 Å². The van der Waals surface area contributed by atoms with Gasteiger partial charge >= 0.3 is 5.97 Å². The number of hydrogen-bond donors (Lipinski definition) is 0. The number of carbonyl (C=O) groups excluding carboxylic acids is 2. The van der Waals surface area contributed by atoms with E-state index in [1.165, 1.54) is 0 Å². The molecule has 0 saturated heterocycles. The van der Waals surface area contributed by atoms with Gasteiger partial charge in [-0.05, 0) is 44.6 Å². The van der Waals surface area contributed by atoms with Crippen LogP contribution in [0.4, 0.5) is 0 Å². The fraction of sp³-hybridized carbons (Fsp3) is 0.400. The lowest BCUT2D eigenvalue weighted by atomic mass is 9.81. The second-order valence-corrected chi connectivity index (χ2v) is 7.30. The molecule has 0 saturated carbocycles. The van der Waals surface area contributed by atoms with Crippen LogP contribution in [0.3, 0.4) is 0 Å². The normalized spacial score (nSPS) is 23.4. The Hall–Kier alpha value is -2.16. The molecule has 0 spiro atoms. The Balaban J connectivity index is 1.84. The van der Waals surface area contributed by atoms with E-state index in [9.17, 15) is 9.59 Å². The zero-order valence-corrected chi connectivity index (χ0v) is 13.8. The minimum atomic E-state index is -0.516. The van der Waals surface area contributed by atoms with Gasteiger partial charge in [-0.25, -0.2) is 4.79 Å². The monoisotopic (exact) mass is 310 g/mol. The molecule has 0 amide bonds. The maximum absolute atomic E-state index is 12.5. The van der Waals surface area contributed by atoms with Crippen LogP contribution in [-0.4, -0.2) is 17.4 Å². The average molecular weight is 310 g/mol. The minimum Gasteiger partial charge on any atom is -0.456 e. The third kappa shape index (κ3) is 3.44. The van der Waals surface area contributed by atoms with E-state index >= 15 is 0 Å². The number of Topliss-reactive ketones (excluding diaryl/α,β-unsaturated/α-hetero) is 1. The van der Waals surface area contributed by atoms with Crippen molar-refractivity contribution < 1.29 is 14.3 Å². The van der Waals surface area contributed by atoms with E-state index in [1.54, 1.807) is 0 Å². The summed E-state index contributed by atoms with van der Waals surface area (Å²) in [5.41, 5.74) is 1.96. The number of allylic oxidation sites excluding steroid dienone is 2. The predicted molar refractivity (Wildman–Crippen MR) is 89.1 cm³/mol. The summed E-state index contributed by atoms with van der Waals surface area (Å²) >= 11 is 0. The van der Waals surface area contributed by atoms with E-state index in [0.717, 1.165) is 17.5 Å². The van der Waals surface area contributed by atoms with Crippen LogP contribution in [0.25, 0.3) is 0 Å². The summed E-state index contributed by atoms with van der Waals surface area (Å²) in [5.74, 6) is 0.154. The van der Waals surface area contributed by atoms with Gasteiger partial charge in [-0.2, -0.15) is 0 Å². The zero-order valence-electron chi connectivity index (χ0n) is 13.8. The first-order valence-corrected chi connectivity index (χ1v) is 8.08. The molecule has 23 heavy (non-hydrogen) atoms. The first-order valence-electron chi connectivity index (χ1n) is 8.08. The number of ketones is 1. The van der Waals surface area contributed by atoms with Crippen LogP contribution in [-0.2, 0) is 16.0 Å². The van der Waals surface area contributed by atoms with Crippen LogP contribution < -0.4 is 0 Å². The Morgan fingerprint density at radius 2 is 1.87 bits per heavy atom. The summed E-state index contributed by atoms with van der Waals surface area (Å²) in [6.45, 7) is 5.56. The van der Waals surface area contributed by atoms with Gasteiger partial charge in [0, 0.05) is 12.0 Å². The van der Waals surface area contributed by atoms with Crippen LogP contribution in [0, 0.1) is 11.8 Å². The van der Waals surface area contributed by atoms with Crippen molar-refractivity contribution >= 4 is 11.8 Å². The molecule has 3 heteroatoms. The van der Waals surface area contributed by atoms with Gasteiger partial charge in [-0.15, -0.1) is 0 Å². The smallest absolute Gasteiger partial charge is 0.338 e. The molecule has 2 aliphatic carbocycles. The van der Waals surface area contributed by atoms with Crippen molar-refractivity contribution in [1.29, 1.82) is 0 Å². The Kier molecular flexibility index (Phi) is 3.97. The van der Waals surface area contributed by atoms with Crippen molar-refractivity contribution in [1.82, 2.24) is 0 Å².